The standard InChI is InChI=1S/C40H67NO4/c1-3-5-7-9-11-12-13-14-15-19-22-26-30-34-39(44)38(36-42)41-40(45)35-31-27-23-20-17-16-18-21-25-29-33-37(43)32-28-24-10-8-6-4-2/h6,8,16-17,21,23-25,27-30,33-34,37-39,42-44H,3-5,7,9-15,18-20,22,26,31-32,35-36H2,1-2H3,(H,41,45)/b8-6-,17-16-,25-21-,27-23-,28-24-,33-29+,34-30+/t37?,38-,39+/m0/s1. The molecule has 45 heavy (non-hydrogen) atoms. The van der Waals surface area contributed by atoms with Crippen LogP contribution in [0.3, 0.4) is 0 Å². The highest BCUT2D eigenvalue weighted by molar-refractivity contribution is 5.76. The Labute approximate surface area is 276 Å². The number of unbranched alkanes of at least 4 members (excludes halogenated alkanes) is 11. The molecule has 0 radical (unpaired) electrons. The Morgan fingerprint density at radius 1 is 0.622 bits per heavy atom. The number of amides is 1. The highest BCUT2D eigenvalue weighted by Crippen LogP contribution is 2.12. The maximum atomic E-state index is 12.3. The van der Waals surface area contributed by atoms with Gasteiger partial charge in [0, 0.05) is 6.42 Å². The van der Waals surface area contributed by atoms with Gasteiger partial charge in [-0.3, -0.25) is 4.79 Å². The number of carbonyl (C=O) groups is 1. The van der Waals surface area contributed by atoms with E-state index in [4.69, 9.17) is 0 Å². The Morgan fingerprint density at radius 3 is 1.84 bits per heavy atom. The summed E-state index contributed by atoms with van der Waals surface area (Å²) in [5.74, 6) is -0.171. The molecule has 0 aliphatic rings. The van der Waals surface area contributed by atoms with Gasteiger partial charge in [0.2, 0.25) is 5.91 Å². The van der Waals surface area contributed by atoms with Crippen molar-refractivity contribution < 1.29 is 20.1 Å². The van der Waals surface area contributed by atoms with Gasteiger partial charge in [0.1, 0.15) is 0 Å². The lowest BCUT2D eigenvalue weighted by molar-refractivity contribution is -0.122. The molecule has 0 rings (SSSR count). The molecule has 0 aliphatic carbocycles. The van der Waals surface area contributed by atoms with E-state index in [-0.39, 0.29) is 12.5 Å². The van der Waals surface area contributed by atoms with Crippen LogP contribution < -0.4 is 5.32 Å². The van der Waals surface area contributed by atoms with Crippen LogP contribution >= 0.6 is 0 Å². The Kier molecular flexibility index (Phi) is 32.5. The third-order valence-electron chi connectivity index (χ3n) is 7.48. The first-order valence-corrected chi connectivity index (χ1v) is 17.9. The summed E-state index contributed by atoms with van der Waals surface area (Å²) < 4.78 is 0. The molecule has 4 N–H and O–H groups in total. The summed E-state index contributed by atoms with van der Waals surface area (Å²) >= 11 is 0. The Morgan fingerprint density at radius 2 is 1.20 bits per heavy atom. The molecular weight excluding hydrogens is 558 g/mol. The maximum absolute atomic E-state index is 12.3. The molecule has 5 heteroatoms. The molecule has 5 nitrogen and oxygen atoms in total. The van der Waals surface area contributed by atoms with E-state index in [1.165, 1.54) is 64.2 Å². The van der Waals surface area contributed by atoms with Gasteiger partial charge in [-0.2, -0.15) is 0 Å². The van der Waals surface area contributed by atoms with Gasteiger partial charge >= 0.3 is 0 Å². The van der Waals surface area contributed by atoms with Gasteiger partial charge in [0.05, 0.1) is 24.9 Å². The second-order valence-electron chi connectivity index (χ2n) is 11.8. The van der Waals surface area contributed by atoms with Crippen LogP contribution in [0.2, 0.25) is 0 Å². The fraction of sp³-hybridized carbons (Fsp3) is 0.625. The van der Waals surface area contributed by atoms with Crippen molar-refractivity contribution in [2.45, 2.75) is 154 Å². The highest BCUT2D eigenvalue weighted by atomic mass is 16.3. The second kappa shape index (κ2) is 34.4. The van der Waals surface area contributed by atoms with Crippen LogP contribution in [0.25, 0.3) is 0 Å². The van der Waals surface area contributed by atoms with Gasteiger partial charge in [0.25, 0.3) is 0 Å². The van der Waals surface area contributed by atoms with Crippen LogP contribution in [0.15, 0.2) is 85.1 Å². The lowest BCUT2D eigenvalue weighted by Crippen LogP contribution is -2.45. The van der Waals surface area contributed by atoms with E-state index in [1.807, 2.05) is 42.5 Å². The lowest BCUT2D eigenvalue weighted by Gasteiger charge is -2.19. The normalized spacial score (nSPS) is 14.9. The van der Waals surface area contributed by atoms with Crippen LogP contribution in [0.1, 0.15) is 136 Å². The van der Waals surface area contributed by atoms with E-state index in [0.29, 0.717) is 19.3 Å². The molecule has 0 fully saturated rings. The van der Waals surface area contributed by atoms with E-state index in [1.54, 1.807) is 12.2 Å². The average Bonchev–Trinajstić information content (AvgIpc) is 3.04. The Balaban J connectivity index is 3.92. The third kappa shape index (κ3) is 31.3. The highest BCUT2D eigenvalue weighted by Gasteiger charge is 2.17. The minimum absolute atomic E-state index is 0.171. The van der Waals surface area contributed by atoms with Crippen molar-refractivity contribution in [3.63, 3.8) is 0 Å². The minimum Gasteiger partial charge on any atom is -0.394 e. The number of carbonyl (C=O) groups excluding carboxylic acids is 1. The predicted octanol–water partition coefficient (Wildman–Crippen LogP) is 9.53. The summed E-state index contributed by atoms with van der Waals surface area (Å²) in [4.78, 5) is 12.3. The zero-order valence-electron chi connectivity index (χ0n) is 28.7. The quantitative estimate of drug-likeness (QED) is 0.0364. The molecule has 1 amide bonds. The first-order chi connectivity index (χ1) is 22.0. The molecule has 3 atom stereocenters. The summed E-state index contributed by atoms with van der Waals surface area (Å²) in [6.07, 6.45) is 47.0. The van der Waals surface area contributed by atoms with Gasteiger partial charge in [-0.05, 0) is 51.4 Å². The van der Waals surface area contributed by atoms with Gasteiger partial charge in [-0.1, -0.05) is 163 Å². The summed E-state index contributed by atoms with van der Waals surface area (Å²) in [6, 6.07) is -0.682. The molecule has 256 valence electrons. The number of hydrogen-bond donors (Lipinski definition) is 4. The van der Waals surface area contributed by atoms with Gasteiger partial charge in [-0.25, -0.2) is 0 Å². The van der Waals surface area contributed by atoms with E-state index in [2.05, 4.69) is 49.5 Å². The van der Waals surface area contributed by atoms with Crippen LogP contribution in [-0.4, -0.2) is 46.1 Å². The fourth-order valence-electron chi connectivity index (χ4n) is 4.69. The molecule has 0 heterocycles. The number of hydrogen-bond acceptors (Lipinski definition) is 4. The van der Waals surface area contributed by atoms with Crippen molar-refractivity contribution in [3.8, 4) is 0 Å². The maximum Gasteiger partial charge on any atom is 0.220 e. The van der Waals surface area contributed by atoms with Crippen molar-refractivity contribution in [1.29, 1.82) is 0 Å². The largest absolute Gasteiger partial charge is 0.394 e. The summed E-state index contributed by atoms with van der Waals surface area (Å²) in [7, 11) is 0. The van der Waals surface area contributed by atoms with Crippen molar-refractivity contribution >= 4 is 5.91 Å². The molecule has 0 aromatic heterocycles. The number of aliphatic hydroxyl groups excluding tert-OH is 3. The molecule has 0 saturated heterocycles. The summed E-state index contributed by atoms with van der Waals surface area (Å²) in [5.41, 5.74) is 0. The van der Waals surface area contributed by atoms with Crippen LogP contribution in [0.5, 0.6) is 0 Å². The van der Waals surface area contributed by atoms with Gasteiger partial charge in [-0.15, -0.1) is 0 Å². The molecule has 0 bridgehead atoms. The summed E-state index contributed by atoms with van der Waals surface area (Å²) in [5, 5.41) is 32.7. The van der Waals surface area contributed by atoms with Crippen molar-refractivity contribution in [2.24, 2.45) is 0 Å². The van der Waals surface area contributed by atoms with Crippen LogP contribution in [-0.2, 0) is 4.79 Å². The Bertz CT molecular complexity index is 868. The molecular formula is C40H67NO4. The van der Waals surface area contributed by atoms with Gasteiger partial charge in [0.15, 0.2) is 0 Å². The van der Waals surface area contributed by atoms with Crippen LogP contribution in [0.4, 0.5) is 0 Å². The average molecular weight is 626 g/mol. The lowest BCUT2D eigenvalue weighted by atomic mass is 10.0. The van der Waals surface area contributed by atoms with Gasteiger partial charge < -0.3 is 20.6 Å². The first kappa shape index (κ1) is 42.5. The summed E-state index contributed by atoms with van der Waals surface area (Å²) in [6.45, 7) is 4.07. The van der Waals surface area contributed by atoms with E-state index in [9.17, 15) is 20.1 Å². The molecule has 0 aliphatic heterocycles. The number of nitrogens with one attached hydrogen (secondary N) is 1. The first-order valence-electron chi connectivity index (χ1n) is 17.9. The molecule has 0 aromatic rings. The molecule has 1 unspecified atom stereocenters. The molecule has 0 aromatic carbocycles. The zero-order valence-corrected chi connectivity index (χ0v) is 28.7. The van der Waals surface area contributed by atoms with Crippen molar-refractivity contribution in [3.05, 3.63) is 85.1 Å². The van der Waals surface area contributed by atoms with Crippen LogP contribution in [0, 0.1) is 0 Å². The molecule has 0 saturated carbocycles. The Hall–Kier alpha value is -2.47. The topological polar surface area (TPSA) is 89.8 Å². The van der Waals surface area contributed by atoms with Crippen molar-refractivity contribution in [2.75, 3.05) is 6.61 Å². The zero-order chi connectivity index (χ0) is 33.1. The smallest absolute Gasteiger partial charge is 0.220 e. The predicted molar refractivity (Wildman–Crippen MR) is 194 cm³/mol. The van der Waals surface area contributed by atoms with E-state index >= 15 is 0 Å². The second-order valence-corrected chi connectivity index (χ2v) is 11.8. The molecule has 0 spiro atoms. The number of aliphatic hydroxyl groups is 3. The number of rotatable bonds is 30. The van der Waals surface area contributed by atoms with E-state index < -0.39 is 18.2 Å². The minimum atomic E-state index is -0.887. The third-order valence-corrected chi connectivity index (χ3v) is 7.48. The SMILES string of the molecule is CC/C=C\C/C=C\CC(O)/C=C/C=C\C/C=C\C/C=C\CCC(=O)N[C@@H](CO)[C@H](O)/C=C/CCCCCCCCCCCCC. The number of allylic oxidation sites excluding steroid dienone is 11. The monoisotopic (exact) mass is 626 g/mol. The van der Waals surface area contributed by atoms with E-state index in [0.717, 1.165) is 38.5 Å². The van der Waals surface area contributed by atoms with Crippen molar-refractivity contribution in [1.82, 2.24) is 5.32 Å². The fourth-order valence-corrected chi connectivity index (χ4v) is 4.69.